The van der Waals surface area contributed by atoms with Crippen molar-refractivity contribution < 1.29 is 17.4 Å². The maximum Gasteiger partial charge on any atom is 0.409 e. The quantitative estimate of drug-likeness (QED) is 0.391. The predicted octanol–water partition coefficient (Wildman–Crippen LogP) is 1.21. The number of nitro groups is 1. The minimum absolute atomic E-state index is 0.106. The first-order valence-electron chi connectivity index (χ1n) is 5.68. The van der Waals surface area contributed by atoms with Gasteiger partial charge in [-0.2, -0.15) is 13.3 Å². The zero-order valence-electron chi connectivity index (χ0n) is 11.1. The number of rotatable bonds is 3. The van der Waals surface area contributed by atoms with Crippen LogP contribution < -0.4 is 5.32 Å². The molecule has 9 heteroatoms. The molecule has 8 nitrogen and oxygen atoms in total. The minimum Gasteiger partial charge on any atom is -0.445 e. The van der Waals surface area contributed by atoms with Crippen molar-refractivity contribution in [2.75, 3.05) is 0 Å². The third kappa shape index (κ3) is 2.32. The second-order valence-corrected chi connectivity index (χ2v) is 6.19. The molecule has 2 rings (SSSR count). The predicted molar refractivity (Wildman–Crippen MR) is 68.2 cm³/mol. The van der Waals surface area contributed by atoms with Gasteiger partial charge in [-0.05, 0) is 38.6 Å². The van der Waals surface area contributed by atoms with E-state index in [2.05, 4.69) is 10.4 Å². The van der Waals surface area contributed by atoms with E-state index >= 15 is 0 Å². The molecule has 0 saturated carbocycles. The Morgan fingerprint density at radius 1 is 1.35 bits per heavy atom. The van der Waals surface area contributed by atoms with Crippen molar-refractivity contribution in [1.82, 2.24) is 5.32 Å². The topological polar surface area (TPSA) is 105 Å². The lowest BCUT2D eigenvalue weighted by atomic mass is 10.1. The summed E-state index contributed by atoms with van der Waals surface area (Å²) in [6.45, 7) is 6.16. The van der Waals surface area contributed by atoms with Gasteiger partial charge in [0.15, 0.2) is 6.29 Å². The van der Waals surface area contributed by atoms with Gasteiger partial charge in [-0.15, -0.1) is 0 Å². The highest BCUT2D eigenvalue weighted by Gasteiger charge is 2.33. The molecule has 0 spiro atoms. The minimum atomic E-state index is -3.96. The van der Waals surface area contributed by atoms with Gasteiger partial charge in [0.05, 0.1) is 0 Å². The molecular weight excluding hydrogens is 284 g/mol. The Bertz CT molecular complexity index is 688. The fraction of sp³-hybridized carbons (Fsp3) is 0.273. The number of sulfonamides is 1. The molecule has 0 aromatic heterocycles. The molecule has 1 aliphatic rings. The van der Waals surface area contributed by atoms with E-state index in [0.717, 1.165) is 12.2 Å². The van der Waals surface area contributed by atoms with Gasteiger partial charge in [-0.25, -0.2) is 0 Å². The van der Waals surface area contributed by atoms with E-state index < -0.39 is 21.2 Å². The Hall–Kier alpha value is -2.13. The van der Waals surface area contributed by atoms with Crippen molar-refractivity contribution in [3.63, 3.8) is 0 Å². The van der Waals surface area contributed by atoms with Crippen LogP contribution in [0, 0.1) is 43.8 Å². The summed E-state index contributed by atoms with van der Waals surface area (Å²) in [4.78, 5) is 9.88. The van der Waals surface area contributed by atoms with Gasteiger partial charge in [0.2, 0.25) is 0 Å². The highest BCUT2D eigenvalue weighted by atomic mass is 32.2. The van der Waals surface area contributed by atoms with E-state index in [9.17, 15) is 18.5 Å². The Morgan fingerprint density at radius 2 is 1.90 bits per heavy atom. The SMILES string of the molecule is Cc1cc(C)c(S(=O)(=O)[N+]2=N[C-]([N+](=O)[O-])N[CH-]2)c(C)c1. The number of aryl methyl sites for hydroxylation is 3. The highest BCUT2D eigenvalue weighted by Crippen LogP contribution is 2.26. The van der Waals surface area contributed by atoms with E-state index in [1.807, 2.05) is 6.92 Å². The van der Waals surface area contributed by atoms with Crippen LogP contribution in [-0.4, -0.2) is 17.4 Å². The number of azo groups is 1. The molecule has 0 amide bonds. The van der Waals surface area contributed by atoms with Crippen molar-refractivity contribution in [2.24, 2.45) is 5.11 Å². The monoisotopic (exact) mass is 297 g/mol. The summed E-state index contributed by atoms with van der Waals surface area (Å²) in [7, 11) is -3.96. The molecule has 0 aliphatic carbocycles. The first kappa shape index (κ1) is 14.3. The number of benzene rings is 1. The van der Waals surface area contributed by atoms with Crippen LogP contribution in [0.5, 0.6) is 0 Å². The lowest BCUT2D eigenvalue weighted by molar-refractivity contribution is -0.483. The number of hydrogen-bond donors (Lipinski definition) is 1. The maximum absolute atomic E-state index is 12.5. The Labute approximate surface area is 116 Å². The highest BCUT2D eigenvalue weighted by molar-refractivity contribution is 7.85. The standard InChI is InChI=1S/C11H13N4O4S/c1-7-4-8(2)10(9(3)5-7)20(18,19)14-6-12-11(13-14)15(16)17/h4-6,12H,1-3H3/q-1. The van der Waals surface area contributed by atoms with Gasteiger partial charge in [0, 0.05) is 5.11 Å². The summed E-state index contributed by atoms with van der Waals surface area (Å²) in [5.41, 5.74) is 2.08. The van der Waals surface area contributed by atoms with Crippen LogP contribution in [0.4, 0.5) is 0 Å². The summed E-state index contributed by atoms with van der Waals surface area (Å²) in [6, 6.07) is 3.48. The first-order valence-corrected chi connectivity index (χ1v) is 7.12. The van der Waals surface area contributed by atoms with Crippen LogP contribution in [-0.2, 0) is 10.0 Å². The van der Waals surface area contributed by atoms with E-state index in [1.54, 1.807) is 26.0 Å². The first-order chi connectivity index (χ1) is 9.23. The van der Waals surface area contributed by atoms with Crippen LogP contribution >= 0.6 is 0 Å². The van der Waals surface area contributed by atoms with Gasteiger partial charge in [0.1, 0.15) is 4.90 Å². The molecule has 0 atom stereocenters. The average molecular weight is 297 g/mol. The summed E-state index contributed by atoms with van der Waals surface area (Å²) in [6.07, 6.45) is -0.629. The zero-order valence-corrected chi connectivity index (χ0v) is 11.9. The largest absolute Gasteiger partial charge is 0.445 e. The summed E-state index contributed by atoms with van der Waals surface area (Å²) < 4.78 is 25.5. The zero-order chi connectivity index (χ0) is 15.1. The molecule has 108 valence electrons. The second-order valence-electron chi connectivity index (χ2n) is 4.46. The summed E-state index contributed by atoms with van der Waals surface area (Å²) in [5, 5.41) is 16.2. The van der Waals surface area contributed by atoms with Crippen LogP contribution in [0.25, 0.3) is 0 Å². The number of hydrogen-bond acceptors (Lipinski definition) is 6. The smallest absolute Gasteiger partial charge is 0.409 e. The summed E-state index contributed by atoms with van der Waals surface area (Å²) in [5.74, 6) is 0. The molecule has 1 aliphatic heterocycles. The normalized spacial score (nSPS) is 14.9. The van der Waals surface area contributed by atoms with Crippen LogP contribution in [0.1, 0.15) is 16.7 Å². The van der Waals surface area contributed by atoms with Gasteiger partial charge < -0.3 is 15.4 Å². The van der Waals surface area contributed by atoms with Crippen LogP contribution in [0.3, 0.4) is 0 Å². The Morgan fingerprint density at radius 3 is 2.35 bits per heavy atom. The lowest BCUT2D eigenvalue weighted by Crippen LogP contribution is -2.22. The van der Waals surface area contributed by atoms with Gasteiger partial charge >= 0.3 is 10.0 Å². The van der Waals surface area contributed by atoms with Crippen molar-refractivity contribution >= 4 is 10.0 Å². The number of nitrogens with one attached hydrogen (secondary N) is 1. The van der Waals surface area contributed by atoms with Crippen molar-refractivity contribution in [3.8, 4) is 0 Å². The Kier molecular flexibility index (Phi) is 3.40. The van der Waals surface area contributed by atoms with E-state index in [-0.39, 0.29) is 4.90 Å². The summed E-state index contributed by atoms with van der Waals surface area (Å²) >= 11 is 0. The molecule has 0 saturated heterocycles. The van der Waals surface area contributed by atoms with Crippen molar-refractivity contribution in [2.45, 2.75) is 25.7 Å². The van der Waals surface area contributed by atoms with E-state index in [4.69, 9.17) is 0 Å². The maximum atomic E-state index is 12.5. The van der Waals surface area contributed by atoms with Crippen LogP contribution in [0.15, 0.2) is 22.1 Å². The van der Waals surface area contributed by atoms with E-state index in [1.165, 1.54) is 0 Å². The number of nitrogens with zero attached hydrogens (tertiary/aromatic N) is 3. The molecule has 1 heterocycles. The molecule has 20 heavy (non-hydrogen) atoms. The van der Waals surface area contributed by atoms with E-state index in [0.29, 0.717) is 15.2 Å². The van der Waals surface area contributed by atoms with Crippen molar-refractivity contribution in [1.29, 1.82) is 0 Å². The molecule has 1 N–H and O–H groups in total. The van der Waals surface area contributed by atoms with Crippen molar-refractivity contribution in [3.05, 3.63) is 51.9 Å². The third-order valence-corrected chi connectivity index (χ3v) is 4.62. The van der Waals surface area contributed by atoms with Gasteiger partial charge in [-0.3, -0.25) is 0 Å². The Balaban J connectivity index is 2.53. The average Bonchev–Trinajstić information content (AvgIpc) is 2.76. The second kappa shape index (κ2) is 4.76. The molecule has 1 aromatic carbocycles. The molecule has 1 aromatic rings. The molecule has 0 unspecified atom stereocenters. The molecular formula is C11H13N4O4S-. The van der Waals surface area contributed by atoms with Gasteiger partial charge in [0.25, 0.3) is 0 Å². The molecule has 0 radical (unpaired) electrons. The fourth-order valence-corrected chi connectivity index (χ4v) is 3.64. The van der Waals surface area contributed by atoms with Crippen LogP contribution in [0.2, 0.25) is 0 Å². The lowest BCUT2D eigenvalue weighted by Gasteiger charge is -2.11. The molecule has 0 bridgehead atoms. The molecule has 0 fully saturated rings. The van der Waals surface area contributed by atoms with Gasteiger partial charge in [-0.1, -0.05) is 21.8 Å². The third-order valence-electron chi connectivity index (χ3n) is 2.78. The fourth-order valence-electron chi connectivity index (χ4n) is 2.14.